The fraction of sp³-hybridized carbons (Fsp3) is 0.211. The van der Waals surface area contributed by atoms with Gasteiger partial charge in [-0.05, 0) is 55.3 Å². The highest BCUT2D eigenvalue weighted by atomic mass is 35.5. The number of hydrogen-bond donors (Lipinski definition) is 1. The molecule has 3 aromatic rings. The Morgan fingerprint density at radius 3 is 2.17 bits per heavy atom. The van der Waals surface area contributed by atoms with E-state index in [1.165, 1.54) is 24.6 Å². The van der Waals surface area contributed by atoms with E-state index in [0.29, 0.717) is 17.7 Å². The second-order valence-corrected chi connectivity index (χ2v) is 9.65. The molecule has 0 aliphatic carbocycles. The SMILES string of the molecule is Cc1cc(S(=O)(=O)NC(=O)c2nnn(-c3ccc(Cl)cc3C(F)(F)F)c2C(F)(F)F)c(C)cc1Cl. The summed E-state index contributed by atoms with van der Waals surface area (Å²) >= 11 is 11.5. The minimum atomic E-state index is -5.46. The molecule has 1 amide bonds. The van der Waals surface area contributed by atoms with E-state index in [2.05, 4.69) is 10.3 Å². The second kappa shape index (κ2) is 8.99. The number of hydrogen-bond acceptors (Lipinski definition) is 5. The van der Waals surface area contributed by atoms with Crippen molar-refractivity contribution < 1.29 is 39.6 Å². The van der Waals surface area contributed by atoms with Gasteiger partial charge >= 0.3 is 12.4 Å². The lowest BCUT2D eigenvalue weighted by Gasteiger charge is -2.16. The zero-order valence-electron chi connectivity index (χ0n) is 17.4. The van der Waals surface area contributed by atoms with Crippen LogP contribution >= 0.6 is 23.2 Å². The zero-order chi connectivity index (χ0) is 26.5. The van der Waals surface area contributed by atoms with Gasteiger partial charge in [0.05, 0.1) is 16.1 Å². The van der Waals surface area contributed by atoms with Crippen molar-refractivity contribution >= 4 is 39.1 Å². The average molecular weight is 561 g/mol. The highest BCUT2D eigenvalue weighted by Gasteiger charge is 2.44. The molecule has 1 N–H and O–H groups in total. The number of aromatic nitrogens is 3. The molecule has 0 saturated carbocycles. The summed E-state index contributed by atoms with van der Waals surface area (Å²) in [5.74, 6) is -1.86. The summed E-state index contributed by atoms with van der Waals surface area (Å²) in [6.07, 6.45) is -10.6. The van der Waals surface area contributed by atoms with Crippen LogP contribution in [0.1, 0.15) is 32.9 Å². The van der Waals surface area contributed by atoms with Crippen molar-refractivity contribution in [3.8, 4) is 5.69 Å². The van der Waals surface area contributed by atoms with Gasteiger partial charge in [-0.3, -0.25) is 4.79 Å². The fourth-order valence-corrected chi connectivity index (χ4v) is 4.70. The number of amides is 1. The molecule has 1 heterocycles. The minimum Gasteiger partial charge on any atom is -0.266 e. The molecule has 0 unspecified atom stereocenters. The third kappa shape index (κ3) is 5.38. The standard InChI is InChI=1S/C19H12Cl2F6N4O3S/c1-8-6-14(9(2)5-12(8)21)35(33,34)29-17(32)15-16(19(25,26)27)31(30-28-15)13-4-3-10(20)7-11(13)18(22,23)24/h3-7H,1-2H3,(H,29,32). The summed E-state index contributed by atoms with van der Waals surface area (Å²) in [5.41, 5.74) is -5.93. The van der Waals surface area contributed by atoms with Crippen LogP contribution in [0.15, 0.2) is 35.2 Å². The van der Waals surface area contributed by atoms with Crippen LogP contribution in [0.3, 0.4) is 0 Å². The molecule has 0 saturated heterocycles. The molecule has 2 aromatic carbocycles. The highest BCUT2D eigenvalue weighted by Crippen LogP contribution is 2.39. The zero-order valence-corrected chi connectivity index (χ0v) is 19.7. The van der Waals surface area contributed by atoms with Gasteiger partial charge in [0.15, 0.2) is 11.4 Å². The van der Waals surface area contributed by atoms with Crippen molar-refractivity contribution in [2.45, 2.75) is 31.1 Å². The number of carbonyl (C=O) groups is 1. The number of nitrogens with one attached hydrogen (secondary N) is 1. The first kappa shape index (κ1) is 26.8. The maximum atomic E-state index is 13.9. The molecular formula is C19H12Cl2F6N4O3S. The van der Waals surface area contributed by atoms with Crippen molar-refractivity contribution in [2.24, 2.45) is 0 Å². The average Bonchev–Trinajstić information content (AvgIpc) is 3.15. The third-order valence-electron chi connectivity index (χ3n) is 4.62. The maximum absolute atomic E-state index is 13.9. The van der Waals surface area contributed by atoms with Gasteiger partial charge < -0.3 is 0 Å². The van der Waals surface area contributed by atoms with E-state index >= 15 is 0 Å². The van der Waals surface area contributed by atoms with E-state index in [1.54, 1.807) is 0 Å². The van der Waals surface area contributed by atoms with Crippen LogP contribution < -0.4 is 4.72 Å². The number of halogens is 8. The van der Waals surface area contributed by atoms with Gasteiger partial charge in [-0.2, -0.15) is 26.3 Å². The van der Waals surface area contributed by atoms with Crippen LogP contribution in [0.4, 0.5) is 26.3 Å². The first-order valence-electron chi connectivity index (χ1n) is 9.17. The second-order valence-electron chi connectivity index (χ2n) is 7.16. The molecule has 0 fully saturated rings. The van der Waals surface area contributed by atoms with Gasteiger partial charge in [-0.25, -0.2) is 17.8 Å². The molecule has 0 spiro atoms. The number of rotatable bonds is 4. The van der Waals surface area contributed by atoms with E-state index in [9.17, 15) is 39.6 Å². The van der Waals surface area contributed by atoms with Crippen molar-refractivity contribution in [1.29, 1.82) is 0 Å². The summed E-state index contributed by atoms with van der Waals surface area (Å²) in [7, 11) is -4.73. The van der Waals surface area contributed by atoms with E-state index in [1.807, 2.05) is 0 Å². The van der Waals surface area contributed by atoms with Gasteiger partial charge in [0.1, 0.15) is 0 Å². The Morgan fingerprint density at radius 1 is 0.971 bits per heavy atom. The first-order chi connectivity index (χ1) is 15.9. The predicted molar refractivity (Wildman–Crippen MR) is 112 cm³/mol. The van der Waals surface area contributed by atoms with E-state index in [4.69, 9.17) is 23.2 Å². The molecule has 16 heteroatoms. The van der Waals surface area contributed by atoms with Gasteiger partial charge in [-0.1, -0.05) is 28.4 Å². The number of sulfonamides is 1. The minimum absolute atomic E-state index is 0.0802. The van der Waals surface area contributed by atoms with Crippen molar-refractivity contribution in [2.75, 3.05) is 0 Å². The Morgan fingerprint density at radius 2 is 1.60 bits per heavy atom. The molecule has 3 rings (SSSR count). The molecule has 188 valence electrons. The molecule has 7 nitrogen and oxygen atoms in total. The summed E-state index contributed by atoms with van der Waals surface area (Å²) < 4.78 is 108. The molecule has 0 atom stereocenters. The number of benzene rings is 2. The van der Waals surface area contributed by atoms with Gasteiger partial charge in [0, 0.05) is 10.0 Å². The Kier molecular flexibility index (Phi) is 6.87. The summed E-state index contributed by atoms with van der Waals surface area (Å²) in [4.78, 5) is 12.1. The molecule has 1 aromatic heterocycles. The Balaban J connectivity index is 2.14. The Bertz CT molecular complexity index is 1440. The monoisotopic (exact) mass is 560 g/mol. The Labute approximate surface area is 203 Å². The normalized spacial score (nSPS) is 12.6. The fourth-order valence-electron chi connectivity index (χ4n) is 3.05. The van der Waals surface area contributed by atoms with E-state index in [0.717, 1.165) is 12.1 Å². The van der Waals surface area contributed by atoms with Crippen molar-refractivity contribution in [1.82, 2.24) is 19.7 Å². The maximum Gasteiger partial charge on any atom is 0.435 e. The highest BCUT2D eigenvalue weighted by molar-refractivity contribution is 7.90. The van der Waals surface area contributed by atoms with Gasteiger partial charge in [0.25, 0.3) is 15.9 Å². The number of carbonyl (C=O) groups excluding carboxylic acids is 1. The van der Waals surface area contributed by atoms with Gasteiger partial charge in [-0.15, -0.1) is 5.10 Å². The number of alkyl halides is 6. The van der Waals surface area contributed by atoms with Crippen LogP contribution in [-0.2, 0) is 22.4 Å². The summed E-state index contributed by atoms with van der Waals surface area (Å²) in [5, 5.41) is 5.87. The lowest BCUT2D eigenvalue weighted by molar-refractivity contribution is -0.145. The molecule has 35 heavy (non-hydrogen) atoms. The molecule has 0 bridgehead atoms. The Hall–Kier alpha value is -2.84. The van der Waals surface area contributed by atoms with Crippen LogP contribution in [0.5, 0.6) is 0 Å². The van der Waals surface area contributed by atoms with Crippen LogP contribution in [0, 0.1) is 13.8 Å². The van der Waals surface area contributed by atoms with Crippen LogP contribution in [0.25, 0.3) is 5.69 Å². The summed E-state index contributed by atoms with van der Waals surface area (Å²) in [6, 6.07) is 4.22. The third-order valence-corrected chi connectivity index (χ3v) is 6.73. The smallest absolute Gasteiger partial charge is 0.266 e. The molecule has 0 radical (unpaired) electrons. The summed E-state index contributed by atoms with van der Waals surface area (Å²) in [6.45, 7) is 2.79. The number of nitrogens with zero attached hydrogens (tertiary/aromatic N) is 3. The van der Waals surface area contributed by atoms with Crippen LogP contribution in [-0.4, -0.2) is 29.3 Å². The largest absolute Gasteiger partial charge is 0.435 e. The lowest BCUT2D eigenvalue weighted by atomic mass is 10.1. The van der Waals surface area contributed by atoms with Gasteiger partial charge in [0.2, 0.25) is 0 Å². The molecular weight excluding hydrogens is 549 g/mol. The van der Waals surface area contributed by atoms with Crippen LogP contribution in [0.2, 0.25) is 10.0 Å². The lowest BCUT2D eigenvalue weighted by Crippen LogP contribution is -2.33. The molecule has 0 aliphatic heterocycles. The number of aryl methyl sites for hydroxylation is 2. The quantitative estimate of drug-likeness (QED) is 0.434. The topological polar surface area (TPSA) is 93.9 Å². The van der Waals surface area contributed by atoms with E-state index in [-0.39, 0.29) is 15.3 Å². The van der Waals surface area contributed by atoms with Crippen molar-refractivity contribution in [3.63, 3.8) is 0 Å². The predicted octanol–water partition coefficient (Wildman–Crippen LogP) is 5.35. The first-order valence-corrected chi connectivity index (χ1v) is 11.4. The molecule has 0 aliphatic rings. The van der Waals surface area contributed by atoms with Crippen molar-refractivity contribution in [3.05, 3.63) is 68.5 Å². The van der Waals surface area contributed by atoms with E-state index < -0.39 is 60.8 Å².